The van der Waals surface area contributed by atoms with Crippen molar-refractivity contribution in [3.63, 3.8) is 0 Å². The number of ether oxygens (including phenoxy) is 1. The molecule has 0 radical (unpaired) electrons. The number of likely N-dealkylation sites (N-methyl/N-ethyl adjacent to an activating group) is 1. The molecule has 2 aliphatic carbocycles. The molecule has 2 saturated carbocycles. The lowest BCUT2D eigenvalue weighted by Gasteiger charge is -2.46. The van der Waals surface area contributed by atoms with Gasteiger partial charge in [-0.3, -0.25) is 19.3 Å². The number of benzene rings is 1. The third-order valence-electron chi connectivity index (χ3n) is 10.4. The van der Waals surface area contributed by atoms with Crippen molar-refractivity contribution in [1.82, 2.24) is 20.1 Å². The molecule has 45 heavy (non-hydrogen) atoms. The Morgan fingerprint density at radius 2 is 1.80 bits per heavy atom. The van der Waals surface area contributed by atoms with Crippen LogP contribution in [-0.2, 0) is 14.3 Å². The van der Waals surface area contributed by atoms with Gasteiger partial charge in [-0.1, -0.05) is 43.2 Å². The zero-order valence-electron chi connectivity index (χ0n) is 26.3. The number of aromatic nitrogens is 1. The molecule has 4 unspecified atom stereocenters. The summed E-state index contributed by atoms with van der Waals surface area (Å²) in [6, 6.07) is 6.93. The molecular weight excluding hydrogens is 586 g/mol. The minimum absolute atomic E-state index is 0.0228. The van der Waals surface area contributed by atoms with E-state index in [0.717, 1.165) is 98.7 Å². The molecule has 0 spiro atoms. The summed E-state index contributed by atoms with van der Waals surface area (Å²) >= 11 is 1.71. The summed E-state index contributed by atoms with van der Waals surface area (Å²) in [5, 5.41) is 4.24. The molecule has 1 amide bonds. The van der Waals surface area contributed by atoms with Crippen LogP contribution in [-0.4, -0.2) is 96.9 Å². The number of fused-ring (bicyclic) bond motifs is 1. The molecule has 4 heterocycles. The van der Waals surface area contributed by atoms with E-state index >= 15 is 0 Å². The third kappa shape index (κ3) is 5.96. The Labute approximate surface area is 269 Å². The van der Waals surface area contributed by atoms with Crippen LogP contribution in [0.4, 0.5) is 5.13 Å². The standard InChI is InChI=1S/C35H43N5O4S/c1-23-30(36-34(45-23)39-18-16-38(2)17-19-39)25-12-14-26(15-13-25)33(43)37-35(22-41,28-6-4-3-5-7-28)40-20-27(11-10-24-8-9-24)32-31(40)29(42)21-44-32/h12-15,22,24,27-28,31-32H,3-9,16-21H2,1-2H3,(H,37,43). The lowest BCUT2D eigenvalue weighted by Crippen LogP contribution is -2.68. The van der Waals surface area contributed by atoms with E-state index in [9.17, 15) is 14.4 Å². The number of carbonyl (C=O) groups excluding carboxylic acids is 3. The first-order chi connectivity index (χ1) is 21.9. The summed E-state index contributed by atoms with van der Waals surface area (Å²) in [6.45, 7) is 6.51. The monoisotopic (exact) mass is 629 g/mol. The molecule has 3 saturated heterocycles. The van der Waals surface area contributed by atoms with Gasteiger partial charge in [0.2, 0.25) is 0 Å². The molecule has 4 atom stereocenters. The van der Waals surface area contributed by atoms with Crippen LogP contribution in [0.25, 0.3) is 11.3 Å². The smallest absolute Gasteiger partial charge is 0.253 e. The normalized spacial score (nSPS) is 27.5. The first kappa shape index (κ1) is 30.5. The zero-order valence-corrected chi connectivity index (χ0v) is 27.1. The van der Waals surface area contributed by atoms with Gasteiger partial charge >= 0.3 is 0 Å². The molecule has 3 aliphatic heterocycles. The Morgan fingerprint density at radius 1 is 1.07 bits per heavy atom. The quantitative estimate of drug-likeness (QED) is 0.366. The third-order valence-corrected chi connectivity index (χ3v) is 11.4. The molecular formula is C35H43N5O4S. The van der Waals surface area contributed by atoms with Crippen LogP contribution in [0, 0.1) is 36.5 Å². The van der Waals surface area contributed by atoms with E-state index in [1.54, 1.807) is 11.3 Å². The highest BCUT2D eigenvalue weighted by Gasteiger charge is 2.59. The number of anilines is 1. The summed E-state index contributed by atoms with van der Waals surface area (Å²) in [4.78, 5) is 53.3. The van der Waals surface area contributed by atoms with E-state index in [0.29, 0.717) is 18.0 Å². The Kier molecular flexibility index (Phi) is 8.55. The van der Waals surface area contributed by atoms with Crippen molar-refractivity contribution in [1.29, 1.82) is 0 Å². The summed E-state index contributed by atoms with van der Waals surface area (Å²) in [5.74, 6) is 6.56. The number of ketones is 1. The van der Waals surface area contributed by atoms with Crippen LogP contribution in [0.3, 0.4) is 0 Å². The molecule has 238 valence electrons. The van der Waals surface area contributed by atoms with Crippen LogP contribution in [0.5, 0.6) is 0 Å². The summed E-state index contributed by atoms with van der Waals surface area (Å²) in [7, 11) is 2.15. The van der Waals surface area contributed by atoms with E-state index in [2.05, 4.69) is 40.9 Å². The minimum Gasteiger partial charge on any atom is -0.367 e. The fourth-order valence-electron chi connectivity index (χ4n) is 7.58. The number of aryl methyl sites for hydroxylation is 1. The van der Waals surface area contributed by atoms with E-state index < -0.39 is 11.7 Å². The number of thiazole rings is 1. The van der Waals surface area contributed by atoms with Gasteiger partial charge in [-0.25, -0.2) is 4.98 Å². The predicted molar refractivity (Wildman–Crippen MR) is 174 cm³/mol. The summed E-state index contributed by atoms with van der Waals surface area (Å²) < 4.78 is 5.98. The maximum atomic E-state index is 14.0. The second-order valence-corrected chi connectivity index (χ2v) is 14.7. The Balaban J connectivity index is 1.14. The molecule has 1 N–H and O–H groups in total. The number of hydrogen-bond donors (Lipinski definition) is 1. The van der Waals surface area contributed by atoms with Gasteiger partial charge in [0.15, 0.2) is 22.9 Å². The number of hydrogen-bond acceptors (Lipinski definition) is 9. The van der Waals surface area contributed by atoms with E-state index in [4.69, 9.17) is 9.72 Å². The molecule has 2 aromatic rings. The highest BCUT2D eigenvalue weighted by atomic mass is 32.1. The highest BCUT2D eigenvalue weighted by Crippen LogP contribution is 2.42. The number of amides is 1. The topological polar surface area (TPSA) is 95.1 Å². The number of piperazine rings is 1. The van der Waals surface area contributed by atoms with Crippen LogP contribution >= 0.6 is 11.3 Å². The van der Waals surface area contributed by atoms with Crippen molar-refractivity contribution in [2.24, 2.45) is 17.8 Å². The van der Waals surface area contributed by atoms with Crippen molar-refractivity contribution in [2.45, 2.75) is 69.7 Å². The van der Waals surface area contributed by atoms with Crippen molar-refractivity contribution in [2.75, 3.05) is 51.3 Å². The number of carbonyl (C=O) groups is 3. The van der Waals surface area contributed by atoms with Gasteiger partial charge in [0, 0.05) is 60.6 Å². The van der Waals surface area contributed by atoms with Crippen LogP contribution in [0.15, 0.2) is 24.3 Å². The maximum absolute atomic E-state index is 14.0. The zero-order chi connectivity index (χ0) is 31.1. The molecule has 1 aromatic heterocycles. The second kappa shape index (κ2) is 12.6. The van der Waals surface area contributed by atoms with Crippen molar-refractivity contribution in [3.8, 4) is 23.1 Å². The number of likely N-dealkylation sites (tertiary alicyclic amines) is 1. The number of nitrogens with one attached hydrogen (secondary N) is 1. The first-order valence-electron chi connectivity index (χ1n) is 16.6. The van der Waals surface area contributed by atoms with Gasteiger partial charge in [0.25, 0.3) is 5.91 Å². The van der Waals surface area contributed by atoms with Gasteiger partial charge in [-0.05, 0) is 51.8 Å². The Bertz CT molecular complexity index is 1500. The van der Waals surface area contributed by atoms with Gasteiger partial charge in [-0.2, -0.15) is 0 Å². The fourth-order valence-corrected chi connectivity index (χ4v) is 8.56. The van der Waals surface area contributed by atoms with Crippen molar-refractivity contribution < 1.29 is 19.1 Å². The maximum Gasteiger partial charge on any atom is 0.253 e. The Hall–Kier alpha value is -3.10. The number of Topliss-reactive ketones (excluding diaryl/α,β-unsaturated/α-hetero) is 1. The van der Waals surface area contributed by atoms with E-state index in [-0.39, 0.29) is 36.2 Å². The molecule has 10 heteroatoms. The highest BCUT2D eigenvalue weighted by molar-refractivity contribution is 7.16. The molecule has 0 bridgehead atoms. The van der Waals surface area contributed by atoms with Gasteiger partial charge in [0.1, 0.15) is 12.6 Å². The minimum atomic E-state index is -1.30. The van der Waals surface area contributed by atoms with Crippen LogP contribution < -0.4 is 10.2 Å². The van der Waals surface area contributed by atoms with Gasteiger partial charge in [-0.15, -0.1) is 11.3 Å². The molecule has 5 aliphatic rings. The first-order valence-corrected chi connectivity index (χ1v) is 17.4. The number of nitrogens with zero attached hydrogens (tertiary/aromatic N) is 4. The molecule has 7 rings (SSSR count). The number of rotatable bonds is 7. The van der Waals surface area contributed by atoms with Gasteiger partial charge in [0.05, 0.1) is 17.7 Å². The average Bonchev–Trinajstić information content (AvgIpc) is 3.54. The predicted octanol–water partition coefficient (Wildman–Crippen LogP) is 3.76. The van der Waals surface area contributed by atoms with Crippen molar-refractivity contribution >= 4 is 34.4 Å². The van der Waals surface area contributed by atoms with Crippen molar-refractivity contribution in [3.05, 3.63) is 34.7 Å². The van der Waals surface area contributed by atoms with Crippen LogP contribution in [0.2, 0.25) is 0 Å². The Morgan fingerprint density at radius 3 is 2.49 bits per heavy atom. The van der Waals surface area contributed by atoms with E-state index in [1.165, 1.54) is 0 Å². The molecule has 9 nitrogen and oxygen atoms in total. The summed E-state index contributed by atoms with van der Waals surface area (Å²) in [6.07, 6.45) is 7.48. The van der Waals surface area contributed by atoms with Gasteiger partial charge < -0.3 is 19.9 Å². The fraction of sp³-hybridized carbons (Fsp3) is 0.600. The SMILES string of the molecule is Cc1sc(N2CCN(C)CC2)nc1-c1ccc(C(=O)NC(C=O)(C2CCCCC2)N2CC(C#CC3CC3)C3OCC(=O)C32)cc1. The summed E-state index contributed by atoms with van der Waals surface area (Å²) in [5.41, 5.74) is 1.07. The lowest BCUT2D eigenvalue weighted by molar-refractivity contribution is -0.132. The number of aldehydes is 1. The largest absolute Gasteiger partial charge is 0.367 e. The second-order valence-electron chi connectivity index (χ2n) is 13.5. The molecule has 5 fully saturated rings. The van der Waals surface area contributed by atoms with Crippen LogP contribution in [0.1, 0.15) is 60.2 Å². The lowest BCUT2D eigenvalue weighted by atomic mass is 9.78. The average molecular weight is 630 g/mol. The van der Waals surface area contributed by atoms with E-state index in [1.807, 2.05) is 29.2 Å². The molecule has 1 aromatic carbocycles.